The molecule has 214 valence electrons. The van der Waals surface area contributed by atoms with E-state index >= 15 is 0 Å². The Morgan fingerprint density at radius 1 is 1.07 bits per heavy atom. The third-order valence-electron chi connectivity index (χ3n) is 7.76. The quantitative estimate of drug-likeness (QED) is 0.249. The maximum absolute atomic E-state index is 11.9. The molecule has 0 bridgehead atoms. The molecule has 2 aromatic carbocycles. The van der Waals surface area contributed by atoms with Crippen molar-refractivity contribution in [1.29, 1.82) is 0 Å². The minimum atomic E-state index is -1.11. The van der Waals surface area contributed by atoms with E-state index in [0.29, 0.717) is 6.73 Å². The fourth-order valence-electron chi connectivity index (χ4n) is 5.35. The molecule has 0 radical (unpaired) electrons. The minimum Gasteiger partial charge on any atom is -0.488 e. The summed E-state index contributed by atoms with van der Waals surface area (Å²) in [6.45, 7) is 11.0. The Kier molecular flexibility index (Phi) is 8.93. The molecule has 9 heteroatoms. The molecule has 0 saturated carbocycles. The molecule has 1 saturated heterocycles. The molecule has 3 aromatic rings. The van der Waals surface area contributed by atoms with E-state index in [0.717, 1.165) is 80.1 Å². The molecule has 8 nitrogen and oxygen atoms in total. The highest BCUT2D eigenvalue weighted by Gasteiger charge is 2.29. The van der Waals surface area contributed by atoms with Gasteiger partial charge < -0.3 is 19.5 Å². The molecule has 3 heterocycles. The molecule has 2 aliphatic rings. The van der Waals surface area contributed by atoms with Gasteiger partial charge in [-0.15, -0.1) is 0 Å². The van der Waals surface area contributed by atoms with Gasteiger partial charge in [-0.3, -0.25) is 9.69 Å². The fraction of sp³-hybridized carbons (Fsp3) is 0.484. The SMILES string of the molecule is CNC(=O)C1CCN(CC2Cc3ccc(Oc4ccc(-c5ccnn5COCC[Si](C)(C)C)cc4)cc3O2)CC1. The number of hydrogen-bond acceptors (Lipinski definition) is 6. The van der Waals surface area contributed by atoms with Crippen LogP contribution in [0.2, 0.25) is 25.7 Å². The first-order chi connectivity index (χ1) is 19.3. The van der Waals surface area contributed by atoms with Gasteiger partial charge in [0.15, 0.2) is 0 Å². The van der Waals surface area contributed by atoms with Crippen molar-refractivity contribution in [2.24, 2.45) is 5.92 Å². The monoisotopic (exact) mass is 562 g/mol. The predicted octanol–water partition coefficient (Wildman–Crippen LogP) is 5.42. The number of carbonyl (C=O) groups excluding carboxylic acids is 1. The van der Waals surface area contributed by atoms with E-state index in [1.807, 2.05) is 41.2 Å². The van der Waals surface area contributed by atoms with Gasteiger partial charge in [0.1, 0.15) is 30.1 Å². The summed E-state index contributed by atoms with van der Waals surface area (Å²) in [7, 11) is 0.608. The van der Waals surface area contributed by atoms with Gasteiger partial charge >= 0.3 is 0 Å². The average molecular weight is 563 g/mol. The number of fused-ring (bicyclic) bond motifs is 1. The lowest BCUT2D eigenvalue weighted by Crippen LogP contribution is -2.43. The molecule has 1 fully saturated rings. The van der Waals surface area contributed by atoms with E-state index in [9.17, 15) is 4.79 Å². The van der Waals surface area contributed by atoms with Crippen LogP contribution in [0, 0.1) is 5.92 Å². The Hall–Kier alpha value is -3.14. The second-order valence-electron chi connectivity index (χ2n) is 12.1. The number of rotatable bonds is 11. The van der Waals surface area contributed by atoms with Crippen LogP contribution in [0.25, 0.3) is 11.3 Å². The number of carbonyl (C=O) groups is 1. The Morgan fingerprint density at radius 2 is 1.82 bits per heavy atom. The average Bonchev–Trinajstić information content (AvgIpc) is 3.57. The number of benzene rings is 2. The van der Waals surface area contributed by atoms with E-state index in [1.165, 1.54) is 5.56 Å². The van der Waals surface area contributed by atoms with Crippen LogP contribution in [0.3, 0.4) is 0 Å². The van der Waals surface area contributed by atoms with Gasteiger partial charge in [0, 0.05) is 58.4 Å². The second-order valence-corrected chi connectivity index (χ2v) is 17.7. The molecule has 1 amide bonds. The predicted molar refractivity (Wildman–Crippen MR) is 160 cm³/mol. The molecule has 1 unspecified atom stereocenters. The number of nitrogens with one attached hydrogen (secondary N) is 1. The van der Waals surface area contributed by atoms with E-state index in [4.69, 9.17) is 14.2 Å². The maximum atomic E-state index is 11.9. The summed E-state index contributed by atoms with van der Waals surface area (Å²) < 4.78 is 20.3. The summed E-state index contributed by atoms with van der Waals surface area (Å²) in [6, 6.07) is 17.3. The van der Waals surface area contributed by atoms with Gasteiger partial charge in [0.25, 0.3) is 0 Å². The standard InChI is InChI=1S/C31H42N4O4Si/c1-32-31(36)24-12-15-34(16-13-24)21-28-19-25-7-10-27(20-30(25)39-28)38-26-8-5-23(6-9-26)29-11-14-33-35(29)22-37-17-18-40(2,3)4/h5-11,14,20,24,28H,12-13,15-19,21-22H2,1-4H3,(H,32,36). The summed E-state index contributed by atoms with van der Waals surface area (Å²) in [5.74, 6) is 2.74. The van der Waals surface area contributed by atoms with Crippen molar-refractivity contribution in [1.82, 2.24) is 20.0 Å². The third-order valence-corrected chi connectivity index (χ3v) is 9.46. The van der Waals surface area contributed by atoms with E-state index in [2.05, 4.69) is 53.2 Å². The lowest BCUT2D eigenvalue weighted by Gasteiger charge is -2.32. The summed E-state index contributed by atoms with van der Waals surface area (Å²) in [6.07, 6.45) is 4.66. The van der Waals surface area contributed by atoms with Crippen LogP contribution in [-0.2, 0) is 22.7 Å². The summed E-state index contributed by atoms with van der Waals surface area (Å²) in [5, 5.41) is 7.22. The van der Waals surface area contributed by atoms with Crippen LogP contribution in [0.1, 0.15) is 18.4 Å². The van der Waals surface area contributed by atoms with Crippen LogP contribution < -0.4 is 14.8 Å². The number of amides is 1. The van der Waals surface area contributed by atoms with Crippen molar-refractivity contribution in [2.45, 2.75) is 57.8 Å². The topological polar surface area (TPSA) is 77.9 Å². The van der Waals surface area contributed by atoms with Gasteiger partial charge in [-0.05, 0) is 73.9 Å². The molecule has 5 rings (SSSR count). The molecule has 1 aromatic heterocycles. The summed E-state index contributed by atoms with van der Waals surface area (Å²) >= 11 is 0. The van der Waals surface area contributed by atoms with Crippen molar-refractivity contribution >= 4 is 14.0 Å². The van der Waals surface area contributed by atoms with Crippen molar-refractivity contribution in [2.75, 3.05) is 33.3 Å². The van der Waals surface area contributed by atoms with Crippen molar-refractivity contribution in [3.8, 4) is 28.5 Å². The van der Waals surface area contributed by atoms with E-state index in [-0.39, 0.29) is 17.9 Å². The summed E-state index contributed by atoms with van der Waals surface area (Å²) in [5.41, 5.74) is 3.31. The molecule has 1 atom stereocenters. The highest BCUT2D eigenvalue weighted by atomic mass is 28.3. The Bertz CT molecular complexity index is 1280. The molecule has 0 aliphatic carbocycles. The van der Waals surface area contributed by atoms with Gasteiger partial charge in [0.2, 0.25) is 5.91 Å². The number of hydrogen-bond donors (Lipinski definition) is 1. The molecule has 1 N–H and O–H groups in total. The maximum Gasteiger partial charge on any atom is 0.222 e. The fourth-order valence-corrected chi connectivity index (χ4v) is 6.11. The Balaban J connectivity index is 1.12. The van der Waals surface area contributed by atoms with E-state index in [1.54, 1.807) is 7.05 Å². The van der Waals surface area contributed by atoms with Crippen LogP contribution in [0.5, 0.6) is 17.2 Å². The van der Waals surface area contributed by atoms with Gasteiger partial charge in [-0.25, -0.2) is 4.68 Å². The van der Waals surface area contributed by atoms with Crippen molar-refractivity contribution in [3.63, 3.8) is 0 Å². The first kappa shape index (κ1) is 28.4. The number of nitrogens with zero attached hydrogens (tertiary/aromatic N) is 3. The molecular weight excluding hydrogens is 520 g/mol. The van der Waals surface area contributed by atoms with Crippen LogP contribution in [0.4, 0.5) is 0 Å². The third kappa shape index (κ3) is 7.32. The lowest BCUT2D eigenvalue weighted by molar-refractivity contribution is -0.126. The molecular formula is C31H42N4O4Si. The number of ether oxygens (including phenoxy) is 3. The smallest absolute Gasteiger partial charge is 0.222 e. The van der Waals surface area contributed by atoms with Crippen LogP contribution >= 0.6 is 0 Å². The highest BCUT2D eigenvalue weighted by Crippen LogP contribution is 2.35. The molecule has 2 aliphatic heterocycles. The highest BCUT2D eigenvalue weighted by molar-refractivity contribution is 6.76. The van der Waals surface area contributed by atoms with Gasteiger partial charge in [-0.1, -0.05) is 25.7 Å². The zero-order valence-corrected chi connectivity index (χ0v) is 25.2. The first-order valence-electron chi connectivity index (χ1n) is 14.4. The lowest BCUT2D eigenvalue weighted by atomic mass is 9.95. The summed E-state index contributed by atoms with van der Waals surface area (Å²) in [4.78, 5) is 14.3. The van der Waals surface area contributed by atoms with Crippen LogP contribution in [0.15, 0.2) is 54.7 Å². The second kappa shape index (κ2) is 12.6. The van der Waals surface area contributed by atoms with Gasteiger partial charge in [-0.2, -0.15) is 5.10 Å². The zero-order valence-electron chi connectivity index (χ0n) is 24.2. The number of piperidine rings is 1. The van der Waals surface area contributed by atoms with Crippen molar-refractivity contribution < 1.29 is 19.0 Å². The number of likely N-dealkylation sites (tertiary alicyclic amines) is 1. The number of aromatic nitrogens is 2. The molecule has 40 heavy (non-hydrogen) atoms. The Labute approximate surface area is 238 Å². The van der Waals surface area contributed by atoms with Crippen LogP contribution in [-0.4, -0.2) is 68.1 Å². The minimum absolute atomic E-state index is 0.130. The molecule has 0 spiro atoms. The normalized spacial score (nSPS) is 17.9. The van der Waals surface area contributed by atoms with Gasteiger partial charge in [0.05, 0.1) is 5.69 Å². The van der Waals surface area contributed by atoms with Crippen molar-refractivity contribution in [3.05, 3.63) is 60.3 Å². The van der Waals surface area contributed by atoms with E-state index < -0.39 is 8.07 Å². The Morgan fingerprint density at radius 3 is 2.55 bits per heavy atom. The largest absolute Gasteiger partial charge is 0.488 e. The first-order valence-corrected chi connectivity index (χ1v) is 18.1. The zero-order chi connectivity index (χ0) is 28.1.